The topological polar surface area (TPSA) is 37.3 Å². The number of carbonyl (C=O) groups is 1. The van der Waals surface area contributed by atoms with Crippen LogP contribution < -0.4 is 5.32 Å². The Morgan fingerprint density at radius 3 is 2.79 bits per heavy atom. The molecule has 0 fully saturated rings. The molecule has 0 saturated heterocycles. The molecule has 0 aliphatic carbocycles. The van der Waals surface area contributed by atoms with E-state index in [1.54, 1.807) is 11.3 Å². The van der Waals surface area contributed by atoms with Gasteiger partial charge >= 0.3 is 0 Å². The predicted molar refractivity (Wildman–Crippen MR) is 101 cm³/mol. The number of amides is 1. The molecule has 1 aromatic carbocycles. The molecule has 4 nitrogen and oxygen atoms in total. The van der Waals surface area contributed by atoms with E-state index in [9.17, 15) is 4.79 Å². The normalized spacial score (nSPS) is 11.3. The van der Waals surface area contributed by atoms with Crippen molar-refractivity contribution in [2.75, 3.05) is 27.2 Å². The van der Waals surface area contributed by atoms with Crippen LogP contribution in [0.5, 0.6) is 0 Å². The first kappa shape index (κ1) is 16.7. The van der Waals surface area contributed by atoms with Crippen molar-refractivity contribution in [3.05, 3.63) is 58.6 Å². The number of nitrogens with zero attached hydrogens (tertiary/aromatic N) is 2. The SMILES string of the molecule is Cc1ccccc1Cn1c(C(=O)NCCN(C)C)cc2sccc21. The quantitative estimate of drug-likeness (QED) is 0.746. The Balaban J connectivity index is 1.89. The van der Waals surface area contributed by atoms with Crippen molar-refractivity contribution >= 4 is 27.5 Å². The molecule has 0 atom stereocenters. The van der Waals surface area contributed by atoms with E-state index in [-0.39, 0.29) is 5.91 Å². The molecule has 5 heteroatoms. The summed E-state index contributed by atoms with van der Waals surface area (Å²) < 4.78 is 3.28. The van der Waals surface area contributed by atoms with Crippen LogP contribution in [-0.2, 0) is 6.54 Å². The largest absolute Gasteiger partial charge is 0.349 e. The van der Waals surface area contributed by atoms with Crippen molar-refractivity contribution in [2.24, 2.45) is 0 Å². The lowest BCUT2D eigenvalue weighted by Gasteiger charge is -2.14. The summed E-state index contributed by atoms with van der Waals surface area (Å²) in [5.41, 5.74) is 4.34. The molecule has 0 saturated carbocycles. The fourth-order valence-corrected chi connectivity index (χ4v) is 3.60. The number of aryl methyl sites for hydroxylation is 1. The van der Waals surface area contributed by atoms with Crippen molar-refractivity contribution in [3.63, 3.8) is 0 Å². The summed E-state index contributed by atoms with van der Waals surface area (Å²) in [7, 11) is 4.01. The van der Waals surface area contributed by atoms with Gasteiger partial charge in [-0.2, -0.15) is 0 Å². The summed E-state index contributed by atoms with van der Waals surface area (Å²) >= 11 is 1.67. The smallest absolute Gasteiger partial charge is 0.268 e. The van der Waals surface area contributed by atoms with E-state index in [2.05, 4.69) is 45.3 Å². The van der Waals surface area contributed by atoms with Gasteiger partial charge < -0.3 is 14.8 Å². The first-order valence-corrected chi connectivity index (χ1v) is 8.98. The lowest BCUT2D eigenvalue weighted by atomic mass is 10.1. The third kappa shape index (κ3) is 3.52. The molecule has 24 heavy (non-hydrogen) atoms. The highest BCUT2D eigenvalue weighted by Gasteiger charge is 2.17. The van der Waals surface area contributed by atoms with E-state index in [0.717, 1.165) is 22.5 Å². The van der Waals surface area contributed by atoms with Gasteiger partial charge in [-0.1, -0.05) is 24.3 Å². The zero-order valence-electron chi connectivity index (χ0n) is 14.4. The number of nitrogens with one attached hydrogen (secondary N) is 1. The number of fused-ring (bicyclic) bond motifs is 1. The molecule has 1 amide bonds. The third-order valence-electron chi connectivity index (χ3n) is 4.19. The summed E-state index contributed by atoms with van der Waals surface area (Å²) in [6.07, 6.45) is 0. The number of rotatable bonds is 6. The van der Waals surface area contributed by atoms with E-state index < -0.39 is 0 Å². The maximum atomic E-state index is 12.6. The fourth-order valence-electron chi connectivity index (χ4n) is 2.78. The first-order valence-electron chi connectivity index (χ1n) is 8.10. The molecule has 126 valence electrons. The Hall–Kier alpha value is -2.11. The summed E-state index contributed by atoms with van der Waals surface area (Å²) in [6.45, 7) is 4.30. The van der Waals surface area contributed by atoms with E-state index in [1.807, 2.05) is 32.3 Å². The second-order valence-electron chi connectivity index (χ2n) is 6.27. The van der Waals surface area contributed by atoms with Crippen LogP contribution in [0.15, 0.2) is 41.8 Å². The minimum atomic E-state index is -0.00571. The van der Waals surface area contributed by atoms with Gasteiger partial charge in [0, 0.05) is 19.6 Å². The van der Waals surface area contributed by atoms with Crippen molar-refractivity contribution in [2.45, 2.75) is 13.5 Å². The molecule has 2 heterocycles. The average molecular weight is 341 g/mol. The van der Waals surface area contributed by atoms with Crippen LogP contribution in [0.2, 0.25) is 0 Å². The molecule has 0 bridgehead atoms. The Morgan fingerprint density at radius 1 is 1.25 bits per heavy atom. The number of hydrogen-bond donors (Lipinski definition) is 1. The van der Waals surface area contributed by atoms with Crippen LogP contribution >= 0.6 is 11.3 Å². The maximum Gasteiger partial charge on any atom is 0.268 e. The van der Waals surface area contributed by atoms with Gasteiger partial charge in [0.25, 0.3) is 5.91 Å². The minimum Gasteiger partial charge on any atom is -0.349 e. The summed E-state index contributed by atoms with van der Waals surface area (Å²) in [4.78, 5) is 14.7. The van der Waals surface area contributed by atoms with Gasteiger partial charge in [-0.25, -0.2) is 0 Å². The molecular weight excluding hydrogens is 318 g/mol. The van der Waals surface area contributed by atoms with Gasteiger partial charge in [0.15, 0.2) is 0 Å². The number of benzene rings is 1. The number of hydrogen-bond acceptors (Lipinski definition) is 3. The predicted octanol–water partition coefficient (Wildman–Crippen LogP) is 3.35. The van der Waals surface area contributed by atoms with Crippen molar-refractivity contribution in [1.82, 2.24) is 14.8 Å². The van der Waals surface area contributed by atoms with Gasteiger partial charge in [0.1, 0.15) is 5.69 Å². The fraction of sp³-hybridized carbons (Fsp3) is 0.316. The third-order valence-corrected chi connectivity index (χ3v) is 5.04. The van der Waals surface area contributed by atoms with Crippen molar-refractivity contribution < 1.29 is 4.79 Å². The average Bonchev–Trinajstić information content (AvgIpc) is 3.11. The van der Waals surface area contributed by atoms with Crippen LogP contribution in [-0.4, -0.2) is 42.6 Å². The van der Waals surface area contributed by atoms with Crippen LogP contribution in [0, 0.1) is 6.92 Å². The highest BCUT2D eigenvalue weighted by Crippen LogP contribution is 2.26. The van der Waals surface area contributed by atoms with Gasteiger partial charge in [0.2, 0.25) is 0 Å². The van der Waals surface area contributed by atoms with Gasteiger partial charge in [-0.3, -0.25) is 4.79 Å². The van der Waals surface area contributed by atoms with E-state index in [0.29, 0.717) is 13.1 Å². The van der Waals surface area contributed by atoms with E-state index >= 15 is 0 Å². The summed E-state index contributed by atoms with van der Waals surface area (Å²) in [6, 6.07) is 12.4. The second kappa shape index (κ2) is 7.20. The molecular formula is C19H23N3OS. The molecule has 3 rings (SSSR count). The Bertz CT molecular complexity index is 847. The first-order chi connectivity index (χ1) is 11.6. The second-order valence-corrected chi connectivity index (χ2v) is 7.22. The van der Waals surface area contributed by atoms with Crippen LogP contribution in [0.1, 0.15) is 21.6 Å². The number of carbonyl (C=O) groups excluding carboxylic acids is 1. The highest BCUT2D eigenvalue weighted by atomic mass is 32.1. The maximum absolute atomic E-state index is 12.6. The Labute approximate surface area is 146 Å². The van der Waals surface area contributed by atoms with E-state index in [1.165, 1.54) is 11.1 Å². The Morgan fingerprint density at radius 2 is 2.04 bits per heavy atom. The standard InChI is InChI=1S/C19H23N3OS/c1-14-6-4-5-7-15(14)13-22-16-8-11-24-18(16)12-17(22)19(23)20-9-10-21(2)3/h4-8,11-12H,9-10,13H2,1-3H3,(H,20,23). The Kier molecular flexibility index (Phi) is 5.02. The number of likely N-dealkylation sites (N-methyl/N-ethyl adjacent to an activating group) is 1. The van der Waals surface area contributed by atoms with Crippen LogP contribution in [0.4, 0.5) is 0 Å². The monoisotopic (exact) mass is 341 g/mol. The lowest BCUT2D eigenvalue weighted by Crippen LogP contribution is -2.32. The molecule has 0 spiro atoms. The zero-order chi connectivity index (χ0) is 17.1. The van der Waals surface area contributed by atoms with Crippen molar-refractivity contribution in [1.29, 1.82) is 0 Å². The highest BCUT2D eigenvalue weighted by molar-refractivity contribution is 7.17. The van der Waals surface area contributed by atoms with Crippen molar-refractivity contribution in [3.8, 4) is 0 Å². The number of thiophene rings is 1. The number of aromatic nitrogens is 1. The molecule has 0 aliphatic rings. The summed E-state index contributed by atoms with van der Waals surface area (Å²) in [5, 5.41) is 5.10. The lowest BCUT2D eigenvalue weighted by molar-refractivity contribution is 0.0942. The molecule has 0 aliphatic heterocycles. The summed E-state index contributed by atoms with van der Waals surface area (Å²) in [5.74, 6) is -0.00571. The van der Waals surface area contributed by atoms with Gasteiger partial charge in [-0.15, -0.1) is 11.3 Å². The molecule has 0 radical (unpaired) electrons. The molecule has 2 aromatic heterocycles. The van der Waals surface area contributed by atoms with E-state index in [4.69, 9.17) is 0 Å². The molecule has 1 N–H and O–H groups in total. The van der Waals surface area contributed by atoms with Gasteiger partial charge in [0.05, 0.1) is 10.2 Å². The zero-order valence-corrected chi connectivity index (χ0v) is 15.2. The molecule has 3 aromatic rings. The van der Waals surface area contributed by atoms with Gasteiger partial charge in [-0.05, 0) is 49.7 Å². The molecule has 0 unspecified atom stereocenters. The van der Waals surface area contributed by atoms with Crippen LogP contribution in [0.3, 0.4) is 0 Å². The minimum absolute atomic E-state index is 0.00571. The van der Waals surface area contributed by atoms with Crippen LogP contribution in [0.25, 0.3) is 10.2 Å².